The van der Waals surface area contributed by atoms with Crippen molar-refractivity contribution < 1.29 is 8.78 Å². The minimum absolute atomic E-state index is 0.208. The Morgan fingerprint density at radius 1 is 0.926 bits per heavy atom. The van der Waals surface area contributed by atoms with Crippen LogP contribution in [0.2, 0.25) is 0 Å². The highest BCUT2D eigenvalue weighted by Gasteiger charge is 2.30. The fraction of sp³-hybridized carbons (Fsp3) is 0.708. The number of pyridine rings is 1. The van der Waals surface area contributed by atoms with Crippen LogP contribution >= 0.6 is 0 Å². The molecule has 0 atom stereocenters. The maximum absolute atomic E-state index is 13.6. The van der Waals surface area contributed by atoms with E-state index in [1.807, 2.05) is 0 Å². The van der Waals surface area contributed by atoms with Crippen molar-refractivity contribution in [2.45, 2.75) is 84.0 Å². The zero-order valence-electron chi connectivity index (χ0n) is 16.7. The van der Waals surface area contributed by atoms with Gasteiger partial charge in [-0.3, -0.25) is 0 Å². The van der Waals surface area contributed by atoms with Gasteiger partial charge >= 0.3 is 0 Å². The zero-order chi connectivity index (χ0) is 19.1. The predicted molar refractivity (Wildman–Crippen MR) is 106 cm³/mol. The lowest BCUT2D eigenvalue weighted by molar-refractivity contribution is 0.153. The SMILES string of the molecule is CCCCCC1CCC(C2CCC(C#Cc3ccc(F)nc3F)CC2)CC1. The van der Waals surface area contributed by atoms with Gasteiger partial charge in [0.1, 0.15) is 0 Å². The fourth-order valence-corrected chi connectivity index (χ4v) is 5.05. The Morgan fingerprint density at radius 3 is 2.22 bits per heavy atom. The number of unbranched alkanes of at least 4 members (excludes halogenated alkanes) is 2. The summed E-state index contributed by atoms with van der Waals surface area (Å²) in [6, 6.07) is 2.55. The molecule has 1 nitrogen and oxygen atoms in total. The van der Waals surface area contributed by atoms with Crippen LogP contribution in [0.15, 0.2) is 12.1 Å². The smallest absolute Gasteiger partial charge is 0.189 e. The molecular formula is C24H33F2N. The molecule has 2 saturated carbocycles. The van der Waals surface area contributed by atoms with Crippen LogP contribution < -0.4 is 0 Å². The molecule has 1 heterocycles. The summed E-state index contributed by atoms with van der Waals surface area (Å²) in [5.74, 6) is 7.60. The van der Waals surface area contributed by atoms with E-state index in [0.29, 0.717) is 5.92 Å². The summed E-state index contributed by atoms with van der Waals surface area (Å²) in [5, 5.41) is 0. The van der Waals surface area contributed by atoms with E-state index in [0.717, 1.165) is 30.6 Å². The number of hydrogen-bond acceptors (Lipinski definition) is 1. The summed E-state index contributed by atoms with van der Waals surface area (Å²) in [6.45, 7) is 2.28. The number of nitrogens with zero attached hydrogens (tertiary/aromatic N) is 1. The monoisotopic (exact) mass is 373 g/mol. The second kappa shape index (κ2) is 10.2. The highest BCUT2D eigenvalue weighted by molar-refractivity contribution is 5.33. The Kier molecular flexibility index (Phi) is 7.68. The molecule has 0 N–H and O–H groups in total. The first kappa shape index (κ1) is 20.3. The molecule has 2 aliphatic carbocycles. The van der Waals surface area contributed by atoms with Crippen LogP contribution in [-0.2, 0) is 0 Å². The predicted octanol–water partition coefficient (Wildman–Crippen LogP) is 6.90. The van der Waals surface area contributed by atoms with E-state index in [9.17, 15) is 8.78 Å². The maximum atomic E-state index is 13.6. The number of hydrogen-bond donors (Lipinski definition) is 0. The van der Waals surface area contributed by atoms with Gasteiger partial charge in [-0.2, -0.15) is 13.8 Å². The molecular weight excluding hydrogens is 340 g/mol. The van der Waals surface area contributed by atoms with Crippen molar-refractivity contribution in [3.8, 4) is 11.8 Å². The minimum Gasteiger partial charge on any atom is -0.189 e. The largest absolute Gasteiger partial charge is 0.231 e. The third kappa shape index (κ3) is 6.03. The Bertz CT molecular complexity index is 644. The van der Waals surface area contributed by atoms with Crippen LogP contribution in [0.25, 0.3) is 0 Å². The van der Waals surface area contributed by atoms with Gasteiger partial charge in [0, 0.05) is 5.92 Å². The third-order valence-corrected chi connectivity index (χ3v) is 6.77. The molecule has 27 heavy (non-hydrogen) atoms. The van der Waals surface area contributed by atoms with Crippen LogP contribution in [0.5, 0.6) is 0 Å². The van der Waals surface area contributed by atoms with Gasteiger partial charge in [-0.1, -0.05) is 57.3 Å². The van der Waals surface area contributed by atoms with Gasteiger partial charge in [0.2, 0.25) is 11.9 Å². The van der Waals surface area contributed by atoms with Gasteiger partial charge in [-0.25, -0.2) is 0 Å². The topological polar surface area (TPSA) is 12.9 Å². The molecule has 0 aliphatic heterocycles. The molecule has 1 aromatic rings. The van der Waals surface area contributed by atoms with E-state index < -0.39 is 11.9 Å². The standard InChI is InChI=1S/C24H33F2N/c1-2-3-4-5-18-6-11-20(12-7-18)21-13-8-19(9-14-21)10-15-22-16-17-23(25)27-24(22)26/h16-21H,2-9,11-14H2,1H3. The highest BCUT2D eigenvalue weighted by Crippen LogP contribution is 2.42. The van der Waals surface area contributed by atoms with Gasteiger partial charge in [-0.05, 0) is 68.4 Å². The Hall–Kier alpha value is -1.43. The normalized spacial score (nSPS) is 28.4. The summed E-state index contributed by atoms with van der Waals surface area (Å²) in [7, 11) is 0. The van der Waals surface area contributed by atoms with Gasteiger partial charge < -0.3 is 0 Å². The lowest BCUT2D eigenvalue weighted by Crippen LogP contribution is -2.25. The zero-order valence-corrected chi connectivity index (χ0v) is 16.7. The summed E-state index contributed by atoms with van der Waals surface area (Å²) < 4.78 is 26.5. The van der Waals surface area contributed by atoms with E-state index in [2.05, 4.69) is 23.7 Å². The van der Waals surface area contributed by atoms with Gasteiger partial charge in [0.15, 0.2) is 0 Å². The molecule has 3 heteroatoms. The molecule has 3 rings (SSSR count). The third-order valence-electron chi connectivity index (χ3n) is 6.77. The first-order chi connectivity index (χ1) is 13.2. The molecule has 2 aliphatic rings. The van der Waals surface area contributed by atoms with Crippen molar-refractivity contribution in [2.24, 2.45) is 23.7 Å². The number of aromatic nitrogens is 1. The van der Waals surface area contributed by atoms with E-state index in [4.69, 9.17) is 0 Å². The minimum atomic E-state index is -0.799. The van der Waals surface area contributed by atoms with Crippen molar-refractivity contribution in [1.82, 2.24) is 4.98 Å². The Morgan fingerprint density at radius 2 is 1.59 bits per heavy atom. The molecule has 0 aromatic carbocycles. The fourth-order valence-electron chi connectivity index (χ4n) is 5.05. The van der Waals surface area contributed by atoms with Crippen molar-refractivity contribution >= 4 is 0 Å². The Labute approximate surface area is 163 Å². The summed E-state index contributed by atoms with van der Waals surface area (Å²) >= 11 is 0. The quantitative estimate of drug-likeness (QED) is 0.311. The van der Waals surface area contributed by atoms with E-state index in [1.165, 1.54) is 76.3 Å². The second-order valence-corrected chi connectivity index (χ2v) is 8.63. The molecule has 0 spiro atoms. The van der Waals surface area contributed by atoms with Crippen LogP contribution in [0, 0.1) is 47.4 Å². The average molecular weight is 374 g/mol. The Balaban J connectivity index is 1.41. The number of rotatable bonds is 5. The lowest BCUT2D eigenvalue weighted by Gasteiger charge is -2.37. The molecule has 0 saturated heterocycles. The lowest BCUT2D eigenvalue weighted by atomic mass is 9.69. The van der Waals surface area contributed by atoms with E-state index in [-0.39, 0.29) is 5.56 Å². The van der Waals surface area contributed by atoms with Crippen LogP contribution in [0.4, 0.5) is 8.78 Å². The van der Waals surface area contributed by atoms with Gasteiger partial charge in [0.25, 0.3) is 0 Å². The van der Waals surface area contributed by atoms with E-state index in [1.54, 1.807) is 0 Å². The molecule has 2 fully saturated rings. The van der Waals surface area contributed by atoms with Gasteiger partial charge in [-0.15, -0.1) is 0 Å². The number of halogens is 2. The highest BCUT2D eigenvalue weighted by atomic mass is 19.1. The maximum Gasteiger partial charge on any atom is 0.231 e. The van der Waals surface area contributed by atoms with Crippen LogP contribution in [0.3, 0.4) is 0 Å². The first-order valence-corrected chi connectivity index (χ1v) is 11.0. The molecule has 0 unspecified atom stereocenters. The average Bonchev–Trinajstić information content (AvgIpc) is 2.69. The summed E-state index contributed by atoms with van der Waals surface area (Å²) in [4.78, 5) is 3.20. The van der Waals surface area contributed by atoms with Crippen molar-refractivity contribution in [3.05, 3.63) is 29.6 Å². The second-order valence-electron chi connectivity index (χ2n) is 8.63. The van der Waals surface area contributed by atoms with Crippen LogP contribution in [0.1, 0.15) is 89.5 Å². The van der Waals surface area contributed by atoms with Gasteiger partial charge in [0.05, 0.1) is 5.56 Å². The first-order valence-electron chi connectivity index (χ1n) is 11.0. The molecule has 148 valence electrons. The van der Waals surface area contributed by atoms with E-state index >= 15 is 0 Å². The van der Waals surface area contributed by atoms with Crippen molar-refractivity contribution in [2.75, 3.05) is 0 Å². The summed E-state index contributed by atoms with van der Waals surface area (Å²) in [6.07, 6.45) is 16.0. The molecule has 0 bridgehead atoms. The van der Waals surface area contributed by atoms with Crippen molar-refractivity contribution in [1.29, 1.82) is 0 Å². The molecule has 0 radical (unpaired) electrons. The van der Waals surface area contributed by atoms with Crippen LogP contribution in [-0.4, -0.2) is 4.98 Å². The summed E-state index contributed by atoms with van der Waals surface area (Å²) in [5.41, 5.74) is 0.208. The molecule has 1 aromatic heterocycles. The molecule has 0 amide bonds. The van der Waals surface area contributed by atoms with Crippen molar-refractivity contribution in [3.63, 3.8) is 0 Å².